The van der Waals surface area contributed by atoms with Crippen LogP contribution < -0.4 is 10.1 Å². The molecule has 0 aromatic heterocycles. The summed E-state index contributed by atoms with van der Waals surface area (Å²) in [6.45, 7) is 3.99. The number of benzene rings is 2. The van der Waals surface area contributed by atoms with Crippen molar-refractivity contribution in [2.45, 2.75) is 26.5 Å². The summed E-state index contributed by atoms with van der Waals surface area (Å²) < 4.78 is 32.2. The van der Waals surface area contributed by atoms with Crippen molar-refractivity contribution in [2.24, 2.45) is 0 Å². The fraction of sp³-hybridized carbons (Fsp3) is 0.250. The second-order valence-corrected chi connectivity index (χ2v) is 5.29. The Hall–Kier alpha value is -1.81. The smallest absolute Gasteiger partial charge is 0.163 e. The highest BCUT2D eigenvalue weighted by Gasteiger charge is 2.08. The second kappa shape index (κ2) is 6.76. The van der Waals surface area contributed by atoms with E-state index in [2.05, 4.69) is 5.32 Å². The lowest BCUT2D eigenvalue weighted by Gasteiger charge is -2.13. The first-order valence-electron chi connectivity index (χ1n) is 6.60. The molecule has 0 aliphatic heterocycles. The Kier molecular flexibility index (Phi) is 5.02. The van der Waals surface area contributed by atoms with Gasteiger partial charge in [0, 0.05) is 17.8 Å². The van der Waals surface area contributed by atoms with Crippen LogP contribution >= 0.6 is 11.6 Å². The van der Waals surface area contributed by atoms with Crippen LogP contribution in [0, 0.1) is 11.6 Å². The first-order valence-corrected chi connectivity index (χ1v) is 6.98. The summed E-state index contributed by atoms with van der Waals surface area (Å²) in [4.78, 5) is 0. The van der Waals surface area contributed by atoms with Gasteiger partial charge in [0.05, 0.1) is 11.1 Å². The average molecular weight is 312 g/mol. The largest absolute Gasteiger partial charge is 0.489 e. The third-order valence-electron chi connectivity index (χ3n) is 2.81. The molecule has 0 aliphatic carbocycles. The number of nitrogens with one attached hydrogen (secondary N) is 1. The van der Waals surface area contributed by atoms with E-state index in [-0.39, 0.29) is 18.2 Å². The molecule has 0 fully saturated rings. The predicted molar refractivity (Wildman–Crippen MR) is 80.9 cm³/mol. The molecule has 0 unspecified atom stereocenters. The lowest BCUT2D eigenvalue weighted by atomic mass is 10.2. The molecule has 0 radical (unpaired) electrons. The van der Waals surface area contributed by atoms with Crippen LogP contribution in [0.4, 0.5) is 14.5 Å². The molecule has 0 heterocycles. The highest BCUT2D eigenvalue weighted by molar-refractivity contribution is 6.32. The molecule has 0 spiro atoms. The molecule has 0 amide bonds. The Balaban J connectivity index is 2.07. The number of hydrogen-bond acceptors (Lipinski definition) is 2. The molecule has 5 heteroatoms. The summed E-state index contributed by atoms with van der Waals surface area (Å²) in [6.07, 6.45) is 0.0303. The van der Waals surface area contributed by atoms with Crippen molar-refractivity contribution in [2.75, 3.05) is 5.32 Å². The molecule has 2 nitrogen and oxygen atoms in total. The van der Waals surface area contributed by atoms with Crippen LogP contribution in [-0.2, 0) is 6.54 Å². The highest BCUT2D eigenvalue weighted by atomic mass is 35.5. The van der Waals surface area contributed by atoms with Gasteiger partial charge in [-0.05, 0) is 38.1 Å². The molecule has 2 rings (SSSR count). The standard InChI is InChI=1S/C16H16ClF2NO/c1-10(2)21-15-7-6-12(8-13(15)17)20-9-11-4-3-5-14(18)16(11)19/h3-8,10,20H,9H2,1-2H3. The molecule has 0 aliphatic rings. The topological polar surface area (TPSA) is 21.3 Å². The normalized spacial score (nSPS) is 10.8. The minimum Gasteiger partial charge on any atom is -0.489 e. The van der Waals surface area contributed by atoms with Gasteiger partial charge in [0.15, 0.2) is 11.6 Å². The van der Waals surface area contributed by atoms with E-state index in [9.17, 15) is 8.78 Å². The summed E-state index contributed by atoms with van der Waals surface area (Å²) in [6, 6.07) is 9.31. The van der Waals surface area contributed by atoms with Crippen LogP contribution in [0.2, 0.25) is 5.02 Å². The lowest BCUT2D eigenvalue weighted by Crippen LogP contribution is -2.06. The Morgan fingerprint density at radius 3 is 2.62 bits per heavy atom. The lowest BCUT2D eigenvalue weighted by molar-refractivity contribution is 0.242. The van der Waals surface area contributed by atoms with Gasteiger partial charge in [-0.25, -0.2) is 8.78 Å². The zero-order chi connectivity index (χ0) is 15.4. The van der Waals surface area contributed by atoms with Gasteiger partial charge in [0.25, 0.3) is 0 Å². The van der Waals surface area contributed by atoms with E-state index in [1.165, 1.54) is 12.1 Å². The van der Waals surface area contributed by atoms with E-state index in [0.717, 1.165) is 6.07 Å². The van der Waals surface area contributed by atoms with Crippen LogP contribution in [0.5, 0.6) is 5.75 Å². The first kappa shape index (κ1) is 15.6. The van der Waals surface area contributed by atoms with E-state index >= 15 is 0 Å². The number of ether oxygens (including phenoxy) is 1. The summed E-state index contributed by atoms with van der Waals surface area (Å²) in [5, 5.41) is 3.47. The second-order valence-electron chi connectivity index (χ2n) is 4.88. The minimum absolute atomic E-state index is 0.0303. The maximum Gasteiger partial charge on any atom is 0.163 e. The minimum atomic E-state index is -0.854. The fourth-order valence-electron chi connectivity index (χ4n) is 1.84. The monoisotopic (exact) mass is 311 g/mol. The van der Waals surface area contributed by atoms with Crippen molar-refractivity contribution in [3.63, 3.8) is 0 Å². The van der Waals surface area contributed by atoms with Crippen LogP contribution in [0.15, 0.2) is 36.4 Å². The number of halogens is 3. The van der Waals surface area contributed by atoms with Gasteiger partial charge in [-0.1, -0.05) is 23.7 Å². The third kappa shape index (κ3) is 4.08. The van der Waals surface area contributed by atoms with Gasteiger partial charge < -0.3 is 10.1 Å². The van der Waals surface area contributed by atoms with Gasteiger partial charge in [-0.2, -0.15) is 0 Å². The maximum absolute atomic E-state index is 13.5. The molecule has 0 atom stereocenters. The summed E-state index contributed by atoms with van der Waals surface area (Å²) >= 11 is 6.11. The van der Waals surface area contributed by atoms with E-state index < -0.39 is 11.6 Å². The zero-order valence-corrected chi connectivity index (χ0v) is 12.5. The van der Waals surface area contributed by atoms with Crippen molar-refractivity contribution in [1.29, 1.82) is 0 Å². The molecular weight excluding hydrogens is 296 g/mol. The quantitative estimate of drug-likeness (QED) is 0.837. The van der Waals surface area contributed by atoms with Crippen molar-refractivity contribution in [3.8, 4) is 5.75 Å². The van der Waals surface area contributed by atoms with Crippen LogP contribution in [0.25, 0.3) is 0 Å². The van der Waals surface area contributed by atoms with Gasteiger partial charge in [-0.15, -0.1) is 0 Å². The van der Waals surface area contributed by atoms with E-state index in [1.807, 2.05) is 13.8 Å². The molecule has 21 heavy (non-hydrogen) atoms. The van der Waals surface area contributed by atoms with Gasteiger partial charge in [0.1, 0.15) is 5.75 Å². The van der Waals surface area contributed by atoms with Crippen LogP contribution in [0.3, 0.4) is 0 Å². The first-order chi connectivity index (χ1) is 9.97. The zero-order valence-electron chi connectivity index (χ0n) is 11.8. The Bertz CT molecular complexity index is 632. The summed E-state index contributed by atoms with van der Waals surface area (Å²) in [7, 11) is 0. The van der Waals surface area contributed by atoms with Crippen molar-refractivity contribution in [1.82, 2.24) is 0 Å². The molecule has 0 saturated carbocycles. The van der Waals surface area contributed by atoms with E-state index in [4.69, 9.17) is 16.3 Å². The Morgan fingerprint density at radius 1 is 1.19 bits per heavy atom. The molecule has 0 bridgehead atoms. The third-order valence-corrected chi connectivity index (χ3v) is 3.10. The van der Waals surface area contributed by atoms with Crippen molar-refractivity contribution < 1.29 is 13.5 Å². The number of anilines is 1. The molecule has 112 valence electrons. The summed E-state index contributed by atoms with van der Waals surface area (Å²) in [5.41, 5.74) is 0.966. The molecular formula is C16H16ClF2NO. The highest BCUT2D eigenvalue weighted by Crippen LogP contribution is 2.28. The molecule has 2 aromatic rings. The van der Waals surface area contributed by atoms with Gasteiger partial charge >= 0.3 is 0 Å². The SMILES string of the molecule is CC(C)Oc1ccc(NCc2cccc(F)c2F)cc1Cl. The van der Waals surface area contributed by atoms with Crippen LogP contribution in [0.1, 0.15) is 19.4 Å². The van der Waals surface area contributed by atoms with Gasteiger partial charge in [0.2, 0.25) is 0 Å². The number of rotatable bonds is 5. The fourth-order valence-corrected chi connectivity index (χ4v) is 2.07. The molecule has 1 N–H and O–H groups in total. The summed E-state index contributed by atoms with van der Waals surface area (Å²) in [5.74, 6) is -1.10. The van der Waals surface area contributed by atoms with Crippen molar-refractivity contribution >= 4 is 17.3 Å². The Labute approximate surface area is 127 Å². The van der Waals surface area contributed by atoms with Gasteiger partial charge in [-0.3, -0.25) is 0 Å². The van der Waals surface area contributed by atoms with E-state index in [1.54, 1.807) is 18.2 Å². The average Bonchev–Trinajstić information content (AvgIpc) is 2.43. The predicted octanol–water partition coefficient (Wildman–Crippen LogP) is 5.02. The van der Waals surface area contributed by atoms with E-state index in [0.29, 0.717) is 16.5 Å². The maximum atomic E-state index is 13.5. The Morgan fingerprint density at radius 2 is 1.95 bits per heavy atom. The van der Waals surface area contributed by atoms with Crippen LogP contribution in [-0.4, -0.2) is 6.10 Å². The van der Waals surface area contributed by atoms with Crippen molar-refractivity contribution in [3.05, 3.63) is 58.6 Å². The molecule has 2 aromatic carbocycles. The number of hydrogen-bond donors (Lipinski definition) is 1. The molecule has 0 saturated heterocycles.